The average molecular weight is 471 g/mol. The molecule has 1 aliphatic heterocycles. The van der Waals surface area contributed by atoms with Gasteiger partial charge >= 0.3 is 6.18 Å². The van der Waals surface area contributed by atoms with E-state index >= 15 is 0 Å². The topological polar surface area (TPSA) is 104 Å². The van der Waals surface area contributed by atoms with Crippen LogP contribution in [0.1, 0.15) is 28.9 Å². The molecular weight excluding hydrogens is 447 g/mol. The van der Waals surface area contributed by atoms with Crippen molar-refractivity contribution in [2.45, 2.75) is 19.0 Å². The fourth-order valence-electron chi connectivity index (χ4n) is 3.56. The first-order valence-corrected chi connectivity index (χ1v) is 10.9. The molecule has 0 saturated carbocycles. The van der Waals surface area contributed by atoms with E-state index in [0.29, 0.717) is 17.9 Å². The molecule has 34 heavy (non-hydrogen) atoms. The number of benzene rings is 1. The lowest BCUT2D eigenvalue weighted by Crippen LogP contribution is -2.31. The molecule has 4 rings (SSSR count). The van der Waals surface area contributed by atoms with Gasteiger partial charge in [-0.15, -0.1) is 0 Å². The molecule has 1 fully saturated rings. The molecule has 1 aliphatic rings. The molecule has 1 saturated heterocycles. The standard InChI is InChI=1S/C23H24F3N7O/c24-23(25,26)18-14-30-22(33-20(18)29-12-15-8-10-27-11-9-15)32-17-6-7-19(28-13-17)21(34)31-16-4-2-1-3-5-16/h1-7,13-15,27H,8-12H2,(H,31,34)(H2,29,30,32,33). The van der Waals surface area contributed by atoms with E-state index < -0.39 is 11.7 Å². The molecule has 2 aromatic heterocycles. The summed E-state index contributed by atoms with van der Waals surface area (Å²) in [5.41, 5.74) is 0.338. The molecule has 8 nitrogen and oxygen atoms in total. The summed E-state index contributed by atoms with van der Waals surface area (Å²) in [6.07, 6.45) is -0.649. The van der Waals surface area contributed by atoms with Crippen LogP contribution in [-0.4, -0.2) is 40.5 Å². The molecule has 11 heteroatoms. The maximum Gasteiger partial charge on any atom is 0.421 e. The van der Waals surface area contributed by atoms with Gasteiger partial charge in [0.2, 0.25) is 5.95 Å². The highest BCUT2D eigenvalue weighted by Gasteiger charge is 2.35. The van der Waals surface area contributed by atoms with Crippen molar-refractivity contribution in [3.05, 3.63) is 66.1 Å². The Labute approximate surface area is 194 Å². The second-order valence-electron chi connectivity index (χ2n) is 7.91. The Morgan fingerprint density at radius 3 is 2.44 bits per heavy atom. The normalized spacial score (nSPS) is 14.4. The predicted molar refractivity (Wildman–Crippen MR) is 123 cm³/mol. The Bertz CT molecular complexity index is 1100. The Morgan fingerprint density at radius 1 is 1.00 bits per heavy atom. The van der Waals surface area contributed by atoms with E-state index in [9.17, 15) is 18.0 Å². The van der Waals surface area contributed by atoms with Gasteiger partial charge in [0.1, 0.15) is 17.1 Å². The molecule has 0 unspecified atom stereocenters. The number of piperidine rings is 1. The lowest BCUT2D eigenvalue weighted by Gasteiger charge is -2.24. The largest absolute Gasteiger partial charge is 0.421 e. The van der Waals surface area contributed by atoms with Crippen molar-refractivity contribution in [3.8, 4) is 0 Å². The highest BCUT2D eigenvalue weighted by atomic mass is 19.4. The Morgan fingerprint density at radius 2 is 1.76 bits per heavy atom. The van der Waals surface area contributed by atoms with Crippen LogP contribution in [0.25, 0.3) is 0 Å². The molecule has 3 aromatic rings. The number of carbonyl (C=O) groups excluding carboxylic acids is 1. The quantitative estimate of drug-likeness (QED) is 0.407. The van der Waals surface area contributed by atoms with Gasteiger partial charge < -0.3 is 21.3 Å². The molecule has 0 aliphatic carbocycles. The van der Waals surface area contributed by atoms with Gasteiger partial charge in [0, 0.05) is 18.4 Å². The SMILES string of the molecule is O=C(Nc1ccccc1)c1ccc(Nc2ncc(C(F)(F)F)c(NCC3CCNCC3)n2)cn1. The Hall–Kier alpha value is -3.73. The first kappa shape index (κ1) is 23.4. The summed E-state index contributed by atoms with van der Waals surface area (Å²) in [4.78, 5) is 24.3. The number of halogens is 3. The van der Waals surface area contributed by atoms with Crippen LogP contribution >= 0.6 is 0 Å². The number of para-hydroxylation sites is 1. The van der Waals surface area contributed by atoms with E-state index in [1.165, 1.54) is 12.3 Å². The number of nitrogens with one attached hydrogen (secondary N) is 4. The summed E-state index contributed by atoms with van der Waals surface area (Å²) >= 11 is 0. The second kappa shape index (κ2) is 10.5. The van der Waals surface area contributed by atoms with Crippen molar-refractivity contribution in [1.29, 1.82) is 0 Å². The Kier molecular flexibility index (Phi) is 7.21. The number of nitrogens with zero attached hydrogens (tertiary/aromatic N) is 3. The first-order chi connectivity index (χ1) is 16.4. The van der Waals surface area contributed by atoms with Crippen molar-refractivity contribution >= 4 is 29.0 Å². The van der Waals surface area contributed by atoms with Crippen molar-refractivity contribution in [2.24, 2.45) is 5.92 Å². The zero-order valence-corrected chi connectivity index (χ0v) is 18.2. The summed E-state index contributed by atoms with van der Waals surface area (Å²) in [6, 6.07) is 12.0. The summed E-state index contributed by atoms with van der Waals surface area (Å²) in [7, 11) is 0. The highest BCUT2D eigenvalue weighted by molar-refractivity contribution is 6.02. The first-order valence-electron chi connectivity index (χ1n) is 10.9. The number of amides is 1. The molecule has 4 N–H and O–H groups in total. The molecule has 0 spiro atoms. The molecule has 1 amide bonds. The van der Waals surface area contributed by atoms with Crippen LogP contribution in [0.2, 0.25) is 0 Å². The van der Waals surface area contributed by atoms with Gasteiger partial charge in [-0.1, -0.05) is 18.2 Å². The van der Waals surface area contributed by atoms with Crippen LogP contribution in [0.15, 0.2) is 54.9 Å². The van der Waals surface area contributed by atoms with Crippen LogP contribution in [0, 0.1) is 5.92 Å². The highest BCUT2D eigenvalue weighted by Crippen LogP contribution is 2.34. The summed E-state index contributed by atoms with van der Waals surface area (Å²) in [5, 5.41) is 11.7. The number of aromatic nitrogens is 3. The van der Waals surface area contributed by atoms with Gasteiger partial charge in [0.25, 0.3) is 5.91 Å². The van der Waals surface area contributed by atoms with Gasteiger partial charge in [0.05, 0.1) is 11.9 Å². The van der Waals surface area contributed by atoms with Crippen molar-refractivity contribution in [1.82, 2.24) is 20.3 Å². The zero-order valence-electron chi connectivity index (χ0n) is 18.2. The molecule has 0 radical (unpaired) electrons. The third kappa shape index (κ3) is 6.19. The zero-order chi connectivity index (χ0) is 24.0. The van der Waals surface area contributed by atoms with E-state index in [2.05, 4.69) is 36.2 Å². The van der Waals surface area contributed by atoms with Crippen molar-refractivity contribution < 1.29 is 18.0 Å². The van der Waals surface area contributed by atoms with Gasteiger partial charge in [-0.25, -0.2) is 9.97 Å². The average Bonchev–Trinajstić information content (AvgIpc) is 2.84. The maximum atomic E-state index is 13.5. The predicted octanol–water partition coefficient (Wildman–Crippen LogP) is 4.30. The van der Waals surface area contributed by atoms with Crippen LogP contribution in [-0.2, 0) is 6.18 Å². The monoisotopic (exact) mass is 471 g/mol. The minimum absolute atomic E-state index is 0.0101. The molecular formula is C23H24F3N7O. The smallest absolute Gasteiger partial charge is 0.369 e. The maximum absolute atomic E-state index is 13.5. The van der Waals surface area contributed by atoms with Gasteiger partial charge in [-0.3, -0.25) is 4.79 Å². The third-order valence-corrected chi connectivity index (χ3v) is 5.39. The van der Waals surface area contributed by atoms with E-state index in [1.807, 2.05) is 6.07 Å². The van der Waals surface area contributed by atoms with Gasteiger partial charge in [0.15, 0.2) is 0 Å². The lowest BCUT2D eigenvalue weighted by atomic mass is 9.98. The molecule has 0 atom stereocenters. The molecule has 3 heterocycles. The van der Waals surface area contributed by atoms with Gasteiger partial charge in [-0.2, -0.15) is 18.2 Å². The summed E-state index contributed by atoms with van der Waals surface area (Å²) in [6.45, 7) is 2.09. The molecule has 1 aromatic carbocycles. The fraction of sp³-hybridized carbons (Fsp3) is 0.304. The van der Waals surface area contributed by atoms with E-state index in [0.717, 1.165) is 32.1 Å². The summed E-state index contributed by atoms with van der Waals surface area (Å²) < 4.78 is 40.4. The number of carbonyl (C=O) groups is 1. The van der Waals surface area contributed by atoms with Crippen LogP contribution in [0.3, 0.4) is 0 Å². The Balaban J connectivity index is 1.44. The van der Waals surface area contributed by atoms with E-state index in [-0.39, 0.29) is 29.3 Å². The number of pyridine rings is 1. The van der Waals surface area contributed by atoms with Crippen molar-refractivity contribution in [2.75, 3.05) is 35.6 Å². The molecule has 178 valence electrons. The van der Waals surface area contributed by atoms with E-state index in [1.54, 1.807) is 30.3 Å². The minimum atomic E-state index is -4.58. The van der Waals surface area contributed by atoms with Crippen molar-refractivity contribution in [3.63, 3.8) is 0 Å². The lowest BCUT2D eigenvalue weighted by molar-refractivity contribution is -0.137. The number of hydrogen-bond donors (Lipinski definition) is 4. The number of hydrogen-bond acceptors (Lipinski definition) is 7. The van der Waals surface area contributed by atoms with E-state index in [4.69, 9.17) is 0 Å². The van der Waals surface area contributed by atoms with Crippen LogP contribution < -0.4 is 21.3 Å². The fourth-order valence-corrected chi connectivity index (χ4v) is 3.56. The van der Waals surface area contributed by atoms with Crippen LogP contribution in [0.4, 0.5) is 36.3 Å². The van der Waals surface area contributed by atoms with Crippen LogP contribution in [0.5, 0.6) is 0 Å². The third-order valence-electron chi connectivity index (χ3n) is 5.39. The minimum Gasteiger partial charge on any atom is -0.369 e. The summed E-state index contributed by atoms with van der Waals surface area (Å²) in [5.74, 6) is -0.389. The molecule has 0 bridgehead atoms. The number of alkyl halides is 3. The number of rotatable bonds is 7. The van der Waals surface area contributed by atoms with Gasteiger partial charge in [-0.05, 0) is 56.1 Å². The second-order valence-corrected chi connectivity index (χ2v) is 7.91. The number of anilines is 4.